The van der Waals surface area contributed by atoms with Crippen LogP contribution >= 0.6 is 0 Å². The molecule has 2 rings (SSSR count). The van der Waals surface area contributed by atoms with Gasteiger partial charge in [0.2, 0.25) is 0 Å². The van der Waals surface area contributed by atoms with E-state index in [2.05, 4.69) is 5.10 Å². The van der Waals surface area contributed by atoms with Gasteiger partial charge in [-0.3, -0.25) is 4.68 Å². The number of benzene rings is 1. The highest BCUT2D eigenvalue weighted by atomic mass is 19.1. The number of hydrogen-bond acceptors (Lipinski definition) is 3. The monoisotopic (exact) mass is 292 g/mol. The van der Waals surface area contributed by atoms with Crippen molar-refractivity contribution < 1.29 is 19.0 Å². The molecule has 0 amide bonds. The van der Waals surface area contributed by atoms with E-state index < -0.39 is 5.97 Å². The topological polar surface area (TPSA) is 64.3 Å². The molecule has 0 saturated heterocycles. The minimum atomic E-state index is -1.12. The zero-order valence-electron chi connectivity index (χ0n) is 12.3. The highest BCUT2D eigenvalue weighted by molar-refractivity contribution is 5.87. The van der Waals surface area contributed by atoms with Gasteiger partial charge in [-0.05, 0) is 24.1 Å². The van der Waals surface area contributed by atoms with E-state index in [1.54, 1.807) is 13.1 Å². The number of aromatic carboxylic acids is 1. The summed E-state index contributed by atoms with van der Waals surface area (Å²) in [6, 6.07) is 4.48. The summed E-state index contributed by atoms with van der Waals surface area (Å²) >= 11 is 0. The van der Waals surface area contributed by atoms with Crippen molar-refractivity contribution in [2.45, 2.75) is 19.8 Å². The Morgan fingerprint density at radius 1 is 1.38 bits per heavy atom. The molecule has 0 radical (unpaired) electrons. The van der Waals surface area contributed by atoms with Crippen molar-refractivity contribution >= 4 is 5.97 Å². The third-order valence-electron chi connectivity index (χ3n) is 3.28. The highest BCUT2D eigenvalue weighted by Crippen LogP contribution is 2.34. The van der Waals surface area contributed by atoms with E-state index in [4.69, 9.17) is 9.84 Å². The molecule has 0 saturated carbocycles. The van der Waals surface area contributed by atoms with Crippen molar-refractivity contribution in [3.8, 4) is 17.0 Å². The number of methoxy groups -OCH3 is 1. The molecule has 0 spiro atoms. The Labute approximate surface area is 122 Å². The minimum absolute atomic E-state index is 0.0184. The van der Waals surface area contributed by atoms with Gasteiger partial charge in [0.25, 0.3) is 0 Å². The molecule has 0 aliphatic rings. The van der Waals surface area contributed by atoms with Crippen LogP contribution in [0.3, 0.4) is 0 Å². The fourth-order valence-corrected chi connectivity index (χ4v) is 2.31. The smallest absolute Gasteiger partial charge is 0.356 e. The van der Waals surface area contributed by atoms with Crippen LogP contribution < -0.4 is 4.74 Å². The number of halogens is 1. The third kappa shape index (κ3) is 2.74. The standard InChI is InChI=1S/C15H17FN2O3/c1-8(2)14-10(16)5-9(6-13(14)21-4)12-7-11(15(19)20)17-18(12)3/h5-8H,1-4H3,(H,19,20). The van der Waals surface area contributed by atoms with E-state index in [0.29, 0.717) is 22.6 Å². The lowest BCUT2D eigenvalue weighted by Gasteiger charge is -2.14. The van der Waals surface area contributed by atoms with Crippen LogP contribution in [0.15, 0.2) is 18.2 Å². The van der Waals surface area contributed by atoms with Gasteiger partial charge >= 0.3 is 5.97 Å². The van der Waals surface area contributed by atoms with Crippen LogP contribution in [0.1, 0.15) is 35.8 Å². The molecule has 2 aromatic rings. The van der Waals surface area contributed by atoms with E-state index >= 15 is 0 Å². The zero-order chi connectivity index (χ0) is 15.7. The minimum Gasteiger partial charge on any atom is -0.496 e. The Morgan fingerprint density at radius 3 is 2.52 bits per heavy atom. The van der Waals surface area contributed by atoms with Gasteiger partial charge in [0.05, 0.1) is 12.8 Å². The molecule has 1 heterocycles. The molecule has 0 fully saturated rings. The van der Waals surface area contributed by atoms with E-state index in [0.717, 1.165) is 0 Å². The fourth-order valence-electron chi connectivity index (χ4n) is 2.31. The van der Waals surface area contributed by atoms with Gasteiger partial charge in [0.15, 0.2) is 5.69 Å². The largest absolute Gasteiger partial charge is 0.496 e. The Bertz CT molecular complexity index is 692. The predicted molar refractivity (Wildman–Crippen MR) is 76.2 cm³/mol. The van der Waals surface area contributed by atoms with Crippen molar-refractivity contribution in [2.75, 3.05) is 7.11 Å². The molecule has 0 unspecified atom stereocenters. The second-order valence-corrected chi connectivity index (χ2v) is 5.07. The van der Waals surface area contributed by atoms with Crippen molar-refractivity contribution in [1.82, 2.24) is 9.78 Å². The molecule has 0 atom stereocenters. The fraction of sp³-hybridized carbons (Fsp3) is 0.333. The van der Waals surface area contributed by atoms with Crippen LogP contribution in [0.5, 0.6) is 5.75 Å². The van der Waals surface area contributed by atoms with Crippen LogP contribution in [0.2, 0.25) is 0 Å². The lowest BCUT2D eigenvalue weighted by molar-refractivity contribution is 0.0689. The lowest BCUT2D eigenvalue weighted by Crippen LogP contribution is -2.01. The Hall–Kier alpha value is -2.37. The number of rotatable bonds is 4. The van der Waals surface area contributed by atoms with E-state index in [1.807, 2.05) is 13.8 Å². The maximum absolute atomic E-state index is 14.3. The molecule has 0 bridgehead atoms. The van der Waals surface area contributed by atoms with Gasteiger partial charge < -0.3 is 9.84 Å². The van der Waals surface area contributed by atoms with Crippen LogP contribution in [-0.2, 0) is 7.05 Å². The lowest BCUT2D eigenvalue weighted by atomic mass is 9.98. The zero-order valence-corrected chi connectivity index (χ0v) is 12.3. The molecule has 0 aliphatic carbocycles. The highest BCUT2D eigenvalue weighted by Gasteiger charge is 2.18. The summed E-state index contributed by atoms with van der Waals surface area (Å²) in [6.07, 6.45) is 0. The summed E-state index contributed by atoms with van der Waals surface area (Å²) in [4.78, 5) is 11.0. The van der Waals surface area contributed by atoms with Gasteiger partial charge in [0.1, 0.15) is 11.6 Å². The molecule has 0 aliphatic heterocycles. The number of carboxylic acids is 1. The van der Waals surface area contributed by atoms with Gasteiger partial charge in [-0.2, -0.15) is 5.10 Å². The second kappa shape index (κ2) is 5.55. The first-order valence-corrected chi connectivity index (χ1v) is 6.50. The van der Waals surface area contributed by atoms with Crippen molar-refractivity contribution in [1.29, 1.82) is 0 Å². The van der Waals surface area contributed by atoms with Crippen molar-refractivity contribution in [3.63, 3.8) is 0 Å². The van der Waals surface area contributed by atoms with Crippen LogP contribution in [0.4, 0.5) is 4.39 Å². The average molecular weight is 292 g/mol. The molecule has 5 nitrogen and oxygen atoms in total. The van der Waals surface area contributed by atoms with Crippen molar-refractivity contribution in [2.24, 2.45) is 7.05 Å². The van der Waals surface area contributed by atoms with Crippen LogP contribution in [0, 0.1) is 5.82 Å². The molecule has 1 N–H and O–H groups in total. The first-order valence-electron chi connectivity index (χ1n) is 6.50. The van der Waals surface area contributed by atoms with E-state index in [-0.39, 0.29) is 17.4 Å². The van der Waals surface area contributed by atoms with Gasteiger partial charge in [-0.1, -0.05) is 13.8 Å². The molecule has 1 aromatic carbocycles. The number of carbonyl (C=O) groups is 1. The summed E-state index contributed by atoms with van der Waals surface area (Å²) in [7, 11) is 3.10. The first-order chi connectivity index (χ1) is 9.85. The SMILES string of the molecule is COc1cc(-c2cc(C(=O)O)nn2C)cc(F)c1C(C)C. The normalized spacial score (nSPS) is 11.0. The Kier molecular flexibility index (Phi) is 3.97. The van der Waals surface area contributed by atoms with Crippen LogP contribution in [0.25, 0.3) is 11.3 Å². The molecule has 112 valence electrons. The summed E-state index contributed by atoms with van der Waals surface area (Å²) in [5.41, 5.74) is 1.46. The molecule has 6 heteroatoms. The second-order valence-electron chi connectivity index (χ2n) is 5.07. The van der Waals surface area contributed by atoms with Crippen molar-refractivity contribution in [3.05, 3.63) is 35.3 Å². The Morgan fingerprint density at radius 2 is 2.05 bits per heavy atom. The van der Waals surface area contributed by atoms with E-state index in [1.165, 1.54) is 23.9 Å². The average Bonchev–Trinajstić information content (AvgIpc) is 2.79. The molecular formula is C15H17FN2O3. The number of aryl methyl sites for hydroxylation is 1. The number of carboxylic acid groups (broad SMARTS) is 1. The maximum atomic E-state index is 14.3. The van der Waals surface area contributed by atoms with E-state index in [9.17, 15) is 9.18 Å². The quantitative estimate of drug-likeness (QED) is 0.940. The Balaban J connectivity index is 2.60. The number of ether oxygens (including phenoxy) is 1. The summed E-state index contributed by atoms with van der Waals surface area (Å²) in [6.45, 7) is 3.76. The van der Waals surface area contributed by atoms with Gasteiger partial charge in [-0.25, -0.2) is 9.18 Å². The summed E-state index contributed by atoms with van der Waals surface area (Å²) in [5.74, 6) is -1.08. The first kappa shape index (κ1) is 15.0. The number of hydrogen-bond donors (Lipinski definition) is 1. The molecular weight excluding hydrogens is 275 g/mol. The molecule has 21 heavy (non-hydrogen) atoms. The molecule has 1 aromatic heterocycles. The van der Waals surface area contributed by atoms with Gasteiger partial charge in [0, 0.05) is 18.2 Å². The van der Waals surface area contributed by atoms with Gasteiger partial charge in [-0.15, -0.1) is 0 Å². The number of nitrogens with zero attached hydrogens (tertiary/aromatic N) is 2. The maximum Gasteiger partial charge on any atom is 0.356 e. The summed E-state index contributed by atoms with van der Waals surface area (Å²) < 4.78 is 21.0. The van der Waals surface area contributed by atoms with Crippen LogP contribution in [-0.4, -0.2) is 28.0 Å². The number of aromatic nitrogens is 2. The third-order valence-corrected chi connectivity index (χ3v) is 3.28. The summed E-state index contributed by atoms with van der Waals surface area (Å²) in [5, 5.41) is 12.9. The predicted octanol–water partition coefficient (Wildman–Crippen LogP) is 3.06.